The molecule has 1 rings (SSSR count). The Morgan fingerprint density at radius 2 is 1.93 bits per heavy atom. The zero-order valence-corrected chi connectivity index (χ0v) is 8.54. The van der Waals surface area contributed by atoms with Crippen molar-refractivity contribution in [2.45, 2.75) is 0 Å². The Kier molecular flexibility index (Phi) is 3.22. The van der Waals surface area contributed by atoms with E-state index in [1.165, 1.54) is 29.3 Å². The molecule has 1 aromatic rings. The highest BCUT2D eigenvalue weighted by atomic mass is 16.5. The van der Waals surface area contributed by atoms with Crippen molar-refractivity contribution in [3.63, 3.8) is 0 Å². The lowest BCUT2D eigenvalue weighted by Gasteiger charge is -2.07. The number of hydrogen-bond donors (Lipinski definition) is 1. The van der Waals surface area contributed by atoms with Crippen LogP contribution in [0.25, 0.3) is 0 Å². The Bertz CT molecular complexity index is 384. The summed E-state index contributed by atoms with van der Waals surface area (Å²) in [5.41, 5.74) is 5.76. The Hall–Kier alpha value is -2.11. The predicted molar refractivity (Wildman–Crippen MR) is 54.4 cm³/mol. The number of nitrogens with zero attached hydrogens (tertiary/aromatic N) is 3. The van der Waals surface area contributed by atoms with E-state index in [-0.39, 0.29) is 0 Å². The molecular weight excluding hydrogens is 196 g/mol. The summed E-state index contributed by atoms with van der Waals surface area (Å²) in [6, 6.07) is 5.93. The summed E-state index contributed by atoms with van der Waals surface area (Å²) in [6.07, 6.45) is 0. The minimum absolute atomic E-state index is 0.341. The first-order valence-electron chi connectivity index (χ1n) is 4.26. The van der Waals surface area contributed by atoms with Gasteiger partial charge in [0.05, 0.1) is 19.3 Å². The summed E-state index contributed by atoms with van der Waals surface area (Å²) in [5.74, 6) is -0.524. The molecule has 0 aliphatic rings. The second-order valence-corrected chi connectivity index (χ2v) is 3.12. The maximum atomic E-state index is 11.3. The summed E-state index contributed by atoms with van der Waals surface area (Å²) in [4.78, 5) is 11.2. The summed E-state index contributed by atoms with van der Waals surface area (Å²) in [6.45, 7) is 0. The van der Waals surface area contributed by atoms with Crippen molar-refractivity contribution in [1.29, 1.82) is 0 Å². The van der Waals surface area contributed by atoms with E-state index >= 15 is 0 Å². The van der Waals surface area contributed by atoms with Gasteiger partial charge in [-0.1, -0.05) is 0 Å². The van der Waals surface area contributed by atoms with E-state index in [2.05, 4.69) is 5.22 Å². The van der Waals surface area contributed by atoms with E-state index in [9.17, 15) is 10.0 Å². The number of hydrogen-bond acceptors (Lipinski definition) is 3. The van der Waals surface area contributed by atoms with Crippen molar-refractivity contribution < 1.29 is 9.66 Å². The molecule has 0 radical (unpaired) electrons. The molecule has 0 spiro atoms. The van der Waals surface area contributed by atoms with Crippen LogP contribution >= 0.6 is 0 Å². The number of amides is 1. The van der Waals surface area contributed by atoms with Crippen LogP contribution in [0.3, 0.4) is 0 Å². The van der Waals surface area contributed by atoms with Crippen LogP contribution in [-0.4, -0.2) is 29.9 Å². The Morgan fingerprint density at radius 1 is 1.40 bits per heavy atom. The Balaban J connectivity index is 2.94. The third-order valence-corrected chi connectivity index (χ3v) is 1.63. The Labute approximate surface area is 87.2 Å². The molecule has 80 valence electrons. The van der Waals surface area contributed by atoms with Crippen molar-refractivity contribution in [3.05, 3.63) is 35.0 Å². The number of benzene rings is 1. The average Bonchev–Trinajstić information content (AvgIpc) is 2.17. The number of carbonyl (C=O) groups is 1. The third-order valence-electron chi connectivity index (χ3n) is 1.63. The van der Waals surface area contributed by atoms with E-state index in [0.29, 0.717) is 16.1 Å². The van der Waals surface area contributed by atoms with E-state index < -0.39 is 5.91 Å². The first-order chi connectivity index (χ1) is 7.00. The molecule has 2 N–H and O–H groups in total. The molecule has 15 heavy (non-hydrogen) atoms. The number of carbonyl (C=O) groups excluding carboxylic acids is 1. The minimum Gasteiger partial charge on any atom is -0.691 e. The zero-order valence-electron chi connectivity index (χ0n) is 8.54. The standard InChI is InChI=1S/C9H12N4O2/c1-12(2)11-13(15)8-5-3-7(4-6-8)9(10)14/h3-6H,1-2H3,(H2,10,14). The molecule has 0 unspecified atom stereocenters. The molecule has 0 saturated heterocycles. The lowest BCUT2D eigenvalue weighted by molar-refractivity contribution is -0.459. The number of nitrogens with two attached hydrogens (primary N) is 1. The monoisotopic (exact) mass is 208 g/mol. The zero-order chi connectivity index (χ0) is 11.4. The van der Waals surface area contributed by atoms with Gasteiger partial charge in [-0.05, 0) is 24.3 Å². The lowest BCUT2D eigenvalue weighted by Crippen LogP contribution is -2.11. The number of rotatable bonds is 3. The fourth-order valence-electron chi connectivity index (χ4n) is 0.967. The maximum Gasteiger partial charge on any atom is 0.248 e. The second-order valence-electron chi connectivity index (χ2n) is 3.12. The van der Waals surface area contributed by atoms with E-state index in [1.54, 1.807) is 14.1 Å². The van der Waals surface area contributed by atoms with Crippen molar-refractivity contribution in [2.75, 3.05) is 14.1 Å². The van der Waals surface area contributed by atoms with Crippen LogP contribution in [0.5, 0.6) is 0 Å². The smallest absolute Gasteiger partial charge is 0.248 e. The van der Waals surface area contributed by atoms with Crippen molar-refractivity contribution >= 4 is 11.6 Å². The van der Waals surface area contributed by atoms with Crippen molar-refractivity contribution in [1.82, 2.24) is 5.01 Å². The molecule has 0 aliphatic carbocycles. The van der Waals surface area contributed by atoms with E-state index in [1.807, 2.05) is 0 Å². The SMILES string of the molecule is CN(C)N=[N+]([O-])c1ccc(C(N)=O)cc1. The van der Waals surface area contributed by atoms with Gasteiger partial charge in [-0.3, -0.25) is 4.79 Å². The molecule has 0 bridgehead atoms. The fraction of sp³-hybridized carbons (Fsp3) is 0.222. The third kappa shape index (κ3) is 2.94. The minimum atomic E-state index is -0.524. The highest BCUT2D eigenvalue weighted by molar-refractivity contribution is 5.92. The molecular formula is C9H12N4O2. The summed E-state index contributed by atoms with van der Waals surface area (Å²) < 4.78 is 0. The number of primary amides is 1. The Morgan fingerprint density at radius 3 is 2.33 bits per heavy atom. The molecule has 0 heterocycles. The molecule has 0 fully saturated rings. The highest BCUT2D eigenvalue weighted by Crippen LogP contribution is 2.12. The first kappa shape index (κ1) is 11.0. The van der Waals surface area contributed by atoms with Gasteiger partial charge in [-0.25, -0.2) is 0 Å². The van der Waals surface area contributed by atoms with Gasteiger partial charge in [0.25, 0.3) is 0 Å². The average molecular weight is 208 g/mol. The van der Waals surface area contributed by atoms with Gasteiger partial charge in [0, 0.05) is 5.56 Å². The molecule has 0 saturated carbocycles. The molecule has 0 aromatic heterocycles. The van der Waals surface area contributed by atoms with Gasteiger partial charge in [0.15, 0.2) is 5.69 Å². The van der Waals surface area contributed by atoms with Gasteiger partial charge in [0.2, 0.25) is 5.91 Å². The van der Waals surface area contributed by atoms with Crippen LogP contribution in [0.2, 0.25) is 0 Å². The van der Waals surface area contributed by atoms with Crippen LogP contribution in [0.1, 0.15) is 10.4 Å². The van der Waals surface area contributed by atoms with Gasteiger partial charge in [0.1, 0.15) is 0 Å². The molecule has 1 aromatic carbocycles. The van der Waals surface area contributed by atoms with Crippen LogP contribution < -0.4 is 5.73 Å². The lowest BCUT2D eigenvalue weighted by atomic mass is 10.2. The predicted octanol–water partition coefficient (Wildman–Crippen LogP) is 0.856. The maximum absolute atomic E-state index is 11.3. The van der Waals surface area contributed by atoms with Gasteiger partial charge in [-0.15, -0.1) is 4.86 Å². The second kappa shape index (κ2) is 4.41. The fourth-order valence-corrected chi connectivity index (χ4v) is 0.967. The molecule has 6 heteroatoms. The van der Waals surface area contributed by atoms with Crippen molar-refractivity contribution in [2.24, 2.45) is 11.0 Å². The van der Waals surface area contributed by atoms with Gasteiger partial charge >= 0.3 is 0 Å². The van der Waals surface area contributed by atoms with Crippen molar-refractivity contribution in [3.8, 4) is 0 Å². The topological polar surface area (TPSA) is 84.8 Å². The quantitative estimate of drug-likeness (QED) is 0.454. The van der Waals surface area contributed by atoms with E-state index in [0.717, 1.165) is 0 Å². The van der Waals surface area contributed by atoms with Crippen LogP contribution in [0, 0.1) is 5.21 Å². The molecule has 6 nitrogen and oxygen atoms in total. The highest BCUT2D eigenvalue weighted by Gasteiger charge is 2.02. The summed E-state index contributed by atoms with van der Waals surface area (Å²) in [5, 5.41) is 16.3. The first-order valence-corrected chi connectivity index (χ1v) is 4.26. The van der Waals surface area contributed by atoms with Gasteiger partial charge in [-0.2, -0.15) is 5.01 Å². The van der Waals surface area contributed by atoms with Gasteiger partial charge < -0.3 is 10.9 Å². The summed E-state index contributed by atoms with van der Waals surface area (Å²) >= 11 is 0. The molecule has 0 aliphatic heterocycles. The normalized spacial score (nSPS) is 11.2. The van der Waals surface area contributed by atoms with Crippen LogP contribution in [-0.2, 0) is 0 Å². The van der Waals surface area contributed by atoms with Crippen LogP contribution in [0.15, 0.2) is 29.5 Å². The molecule has 0 atom stereocenters. The summed E-state index contributed by atoms with van der Waals surface area (Å²) in [7, 11) is 3.28. The largest absolute Gasteiger partial charge is 0.691 e. The van der Waals surface area contributed by atoms with E-state index in [4.69, 9.17) is 5.73 Å². The molecule has 1 amide bonds. The van der Waals surface area contributed by atoms with Crippen LogP contribution in [0.4, 0.5) is 5.69 Å².